The second-order valence-electron chi connectivity index (χ2n) is 4.29. The first-order valence-electron chi connectivity index (χ1n) is 6.20. The summed E-state index contributed by atoms with van der Waals surface area (Å²) >= 11 is 1.17. The minimum atomic E-state index is -0.555. The molecule has 6 heteroatoms. The molecule has 2 aromatic heterocycles. The molecule has 3 aromatic rings. The Morgan fingerprint density at radius 2 is 2.10 bits per heavy atom. The molecule has 21 heavy (non-hydrogen) atoms. The molecule has 0 saturated carbocycles. The van der Waals surface area contributed by atoms with Gasteiger partial charge in [0.25, 0.3) is 0 Å². The van der Waals surface area contributed by atoms with E-state index in [4.69, 9.17) is 4.74 Å². The first kappa shape index (κ1) is 13.4. The quantitative estimate of drug-likeness (QED) is 0.755. The molecule has 0 unspecified atom stereocenters. The minimum Gasteiger partial charge on any atom is -0.505 e. The maximum atomic E-state index is 11.8. The van der Waals surface area contributed by atoms with E-state index in [0.29, 0.717) is 5.56 Å². The van der Waals surface area contributed by atoms with E-state index in [1.54, 1.807) is 23.3 Å². The number of rotatable bonds is 3. The van der Waals surface area contributed by atoms with Gasteiger partial charge in [0.05, 0.1) is 19.0 Å². The molecular weight excluding hydrogens is 288 g/mol. The highest BCUT2D eigenvalue weighted by atomic mass is 32.1. The minimum absolute atomic E-state index is 0.0678. The molecule has 0 bridgehead atoms. The van der Waals surface area contributed by atoms with Crippen LogP contribution in [-0.4, -0.2) is 27.7 Å². The second kappa shape index (κ2) is 5.41. The van der Waals surface area contributed by atoms with Crippen molar-refractivity contribution in [3.63, 3.8) is 0 Å². The SMILES string of the molecule is COC(=O)c1sc(-n2ccnc2)c(-c2ccccc2)c1O. The summed E-state index contributed by atoms with van der Waals surface area (Å²) < 4.78 is 6.49. The van der Waals surface area contributed by atoms with Crippen molar-refractivity contribution in [3.8, 4) is 21.9 Å². The number of aromatic hydroxyl groups is 1. The smallest absolute Gasteiger partial charge is 0.351 e. The Balaban J connectivity index is 2.26. The lowest BCUT2D eigenvalue weighted by molar-refractivity contribution is 0.0603. The summed E-state index contributed by atoms with van der Waals surface area (Å²) in [6.07, 6.45) is 5.03. The predicted octanol–water partition coefficient (Wildman–Crippen LogP) is 3.09. The van der Waals surface area contributed by atoms with Gasteiger partial charge in [-0.3, -0.25) is 4.57 Å². The van der Waals surface area contributed by atoms with Crippen LogP contribution in [0.15, 0.2) is 49.1 Å². The average molecular weight is 300 g/mol. The molecule has 2 heterocycles. The largest absolute Gasteiger partial charge is 0.505 e. The van der Waals surface area contributed by atoms with E-state index in [0.717, 1.165) is 10.6 Å². The lowest BCUT2D eigenvalue weighted by Crippen LogP contribution is -1.97. The highest BCUT2D eigenvalue weighted by Crippen LogP contribution is 2.44. The monoisotopic (exact) mass is 300 g/mol. The maximum absolute atomic E-state index is 11.8. The summed E-state index contributed by atoms with van der Waals surface area (Å²) in [6, 6.07) is 9.40. The van der Waals surface area contributed by atoms with Gasteiger partial charge in [-0.1, -0.05) is 30.3 Å². The summed E-state index contributed by atoms with van der Waals surface area (Å²) in [5.41, 5.74) is 1.42. The van der Waals surface area contributed by atoms with E-state index in [-0.39, 0.29) is 10.6 Å². The number of thiophene rings is 1. The van der Waals surface area contributed by atoms with Crippen molar-refractivity contribution in [2.75, 3.05) is 7.11 Å². The van der Waals surface area contributed by atoms with Gasteiger partial charge < -0.3 is 9.84 Å². The molecule has 0 saturated heterocycles. The van der Waals surface area contributed by atoms with Crippen molar-refractivity contribution >= 4 is 17.3 Å². The molecule has 1 aromatic carbocycles. The molecular formula is C15H12N2O3S. The van der Waals surface area contributed by atoms with Crippen LogP contribution < -0.4 is 0 Å². The number of benzene rings is 1. The van der Waals surface area contributed by atoms with E-state index in [2.05, 4.69) is 4.98 Å². The number of carbonyl (C=O) groups excluding carboxylic acids is 1. The molecule has 0 atom stereocenters. The zero-order chi connectivity index (χ0) is 14.8. The average Bonchev–Trinajstić information content (AvgIpc) is 3.15. The normalized spacial score (nSPS) is 10.5. The third-order valence-electron chi connectivity index (χ3n) is 3.04. The van der Waals surface area contributed by atoms with Gasteiger partial charge in [-0.25, -0.2) is 9.78 Å². The lowest BCUT2D eigenvalue weighted by Gasteiger charge is -2.05. The van der Waals surface area contributed by atoms with Crippen LogP contribution in [-0.2, 0) is 4.74 Å². The number of hydrogen-bond acceptors (Lipinski definition) is 5. The van der Waals surface area contributed by atoms with Gasteiger partial charge in [-0.2, -0.15) is 0 Å². The summed E-state index contributed by atoms with van der Waals surface area (Å²) in [4.78, 5) is 16.0. The standard InChI is InChI=1S/C15H12N2O3S/c1-20-15(19)13-12(18)11(10-5-3-2-4-6-10)14(21-13)17-8-7-16-9-17/h2-9,18H,1H3. The highest BCUT2D eigenvalue weighted by Gasteiger charge is 2.25. The zero-order valence-corrected chi connectivity index (χ0v) is 12.0. The number of ether oxygens (including phenoxy) is 1. The van der Waals surface area contributed by atoms with Crippen LogP contribution in [0, 0.1) is 0 Å². The van der Waals surface area contributed by atoms with E-state index in [9.17, 15) is 9.90 Å². The van der Waals surface area contributed by atoms with Gasteiger partial charge in [-0.15, -0.1) is 11.3 Å². The Hall–Kier alpha value is -2.60. The molecule has 0 spiro atoms. The zero-order valence-electron chi connectivity index (χ0n) is 11.2. The molecule has 0 fully saturated rings. The molecule has 106 valence electrons. The summed E-state index contributed by atoms with van der Waals surface area (Å²) in [5, 5.41) is 11.2. The molecule has 0 radical (unpaired) electrons. The Kier molecular flexibility index (Phi) is 3.45. The molecule has 0 aliphatic heterocycles. The number of carbonyl (C=O) groups is 1. The Bertz CT molecular complexity index is 764. The Labute approximate surface area is 125 Å². The van der Waals surface area contributed by atoms with Crippen molar-refractivity contribution in [1.29, 1.82) is 0 Å². The molecule has 0 aliphatic rings. The fourth-order valence-corrected chi connectivity index (χ4v) is 3.16. The van der Waals surface area contributed by atoms with Crippen LogP contribution in [0.1, 0.15) is 9.67 Å². The van der Waals surface area contributed by atoms with E-state index < -0.39 is 5.97 Å². The number of imidazole rings is 1. The molecule has 3 rings (SSSR count). The van der Waals surface area contributed by atoms with E-state index in [1.165, 1.54) is 18.4 Å². The molecule has 0 amide bonds. The van der Waals surface area contributed by atoms with Crippen LogP contribution in [0.25, 0.3) is 16.1 Å². The number of methoxy groups -OCH3 is 1. The summed E-state index contributed by atoms with van der Waals surface area (Å²) in [6.45, 7) is 0. The molecule has 5 nitrogen and oxygen atoms in total. The van der Waals surface area contributed by atoms with Crippen molar-refractivity contribution < 1.29 is 14.6 Å². The lowest BCUT2D eigenvalue weighted by atomic mass is 10.1. The van der Waals surface area contributed by atoms with Crippen molar-refractivity contribution in [3.05, 3.63) is 53.9 Å². The highest BCUT2D eigenvalue weighted by molar-refractivity contribution is 7.17. The van der Waals surface area contributed by atoms with Crippen molar-refractivity contribution in [1.82, 2.24) is 9.55 Å². The van der Waals surface area contributed by atoms with E-state index in [1.807, 2.05) is 30.3 Å². The number of aromatic nitrogens is 2. The van der Waals surface area contributed by atoms with Gasteiger partial charge in [-0.05, 0) is 5.56 Å². The first-order valence-corrected chi connectivity index (χ1v) is 7.02. The number of esters is 1. The predicted molar refractivity (Wildman–Crippen MR) is 79.9 cm³/mol. The third kappa shape index (κ3) is 2.30. The maximum Gasteiger partial charge on any atom is 0.351 e. The van der Waals surface area contributed by atoms with Crippen LogP contribution in [0.2, 0.25) is 0 Å². The Morgan fingerprint density at radius 1 is 1.33 bits per heavy atom. The molecule has 0 aliphatic carbocycles. The van der Waals surface area contributed by atoms with Crippen molar-refractivity contribution in [2.24, 2.45) is 0 Å². The summed E-state index contributed by atoms with van der Waals surface area (Å²) in [5.74, 6) is -0.622. The number of hydrogen-bond donors (Lipinski definition) is 1. The van der Waals surface area contributed by atoms with Crippen LogP contribution >= 0.6 is 11.3 Å². The van der Waals surface area contributed by atoms with Gasteiger partial charge in [0.2, 0.25) is 0 Å². The Morgan fingerprint density at radius 3 is 2.71 bits per heavy atom. The van der Waals surface area contributed by atoms with Crippen molar-refractivity contribution in [2.45, 2.75) is 0 Å². The summed E-state index contributed by atoms with van der Waals surface area (Å²) in [7, 11) is 1.29. The number of nitrogens with zero attached hydrogens (tertiary/aromatic N) is 2. The topological polar surface area (TPSA) is 64.4 Å². The third-order valence-corrected chi connectivity index (χ3v) is 4.21. The van der Waals surface area contributed by atoms with Crippen LogP contribution in [0.5, 0.6) is 5.75 Å². The van der Waals surface area contributed by atoms with Gasteiger partial charge >= 0.3 is 5.97 Å². The molecule has 1 N–H and O–H groups in total. The van der Waals surface area contributed by atoms with Crippen LogP contribution in [0.4, 0.5) is 0 Å². The fraction of sp³-hybridized carbons (Fsp3) is 0.0667. The second-order valence-corrected chi connectivity index (χ2v) is 5.29. The fourth-order valence-electron chi connectivity index (χ4n) is 2.07. The first-order chi connectivity index (χ1) is 10.2. The van der Waals surface area contributed by atoms with Gasteiger partial charge in [0, 0.05) is 12.4 Å². The van der Waals surface area contributed by atoms with Crippen LogP contribution in [0.3, 0.4) is 0 Å². The van der Waals surface area contributed by atoms with Gasteiger partial charge in [0.1, 0.15) is 5.00 Å². The van der Waals surface area contributed by atoms with E-state index >= 15 is 0 Å². The van der Waals surface area contributed by atoms with Gasteiger partial charge in [0.15, 0.2) is 10.6 Å².